The molecule has 1 aliphatic heterocycles. The first-order valence-electron chi connectivity index (χ1n) is 6.58. The van der Waals surface area contributed by atoms with Gasteiger partial charge in [0, 0.05) is 19.3 Å². The van der Waals surface area contributed by atoms with Gasteiger partial charge in [0.05, 0.1) is 10.9 Å². The fourth-order valence-corrected chi connectivity index (χ4v) is 3.53. The third-order valence-electron chi connectivity index (χ3n) is 3.08. The fourth-order valence-electron chi connectivity index (χ4n) is 2.04. The Morgan fingerprint density at radius 2 is 2.14 bits per heavy atom. The summed E-state index contributed by atoms with van der Waals surface area (Å²) < 4.78 is 37.7. The summed E-state index contributed by atoms with van der Waals surface area (Å²) in [6.45, 7) is 1.07. The van der Waals surface area contributed by atoms with E-state index in [4.69, 9.17) is 27.4 Å². The molecule has 1 heterocycles. The van der Waals surface area contributed by atoms with E-state index >= 15 is 0 Å². The molecule has 1 saturated heterocycles. The Bertz CT molecular complexity index is 598. The molecule has 0 saturated carbocycles. The Morgan fingerprint density at radius 3 is 2.81 bits per heavy atom. The average Bonchev–Trinajstić information content (AvgIpc) is 2.46. The SMILES string of the molecule is NC(=S)COc1cccc(NS(=O)(=O)C2CCOCC2)c1. The number of benzene rings is 1. The molecule has 6 nitrogen and oxygen atoms in total. The summed E-state index contributed by atoms with van der Waals surface area (Å²) in [6.07, 6.45) is 1.01. The molecular formula is C13H18N2O4S2. The minimum absolute atomic E-state index is 0.117. The van der Waals surface area contributed by atoms with Crippen LogP contribution in [0, 0.1) is 0 Å². The molecule has 2 rings (SSSR count). The van der Waals surface area contributed by atoms with Crippen molar-refractivity contribution in [1.82, 2.24) is 0 Å². The molecular weight excluding hydrogens is 312 g/mol. The van der Waals surface area contributed by atoms with E-state index in [1.54, 1.807) is 24.3 Å². The number of anilines is 1. The van der Waals surface area contributed by atoms with Gasteiger partial charge in [0.1, 0.15) is 17.3 Å². The summed E-state index contributed by atoms with van der Waals surface area (Å²) in [7, 11) is -3.42. The van der Waals surface area contributed by atoms with Gasteiger partial charge in [-0.15, -0.1) is 0 Å². The highest BCUT2D eigenvalue weighted by Crippen LogP contribution is 2.22. The van der Waals surface area contributed by atoms with Crippen LogP contribution in [0.5, 0.6) is 5.75 Å². The Balaban J connectivity index is 2.04. The molecule has 8 heteroatoms. The van der Waals surface area contributed by atoms with Gasteiger partial charge < -0.3 is 15.2 Å². The summed E-state index contributed by atoms with van der Waals surface area (Å²) in [5.41, 5.74) is 5.82. The van der Waals surface area contributed by atoms with Gasteiger partial charge in [-0.05, 0) is 25.0 Å². The third kappa shape index (κ3) is 4.83. The Morgan fingerprint density at radius 1 is 1.43 bits per heavy atom. The van der Waals surface area contributed by atoms with E-state index in [2.05, 4.69) is 4.72 Å². The number of sulfonamides is 1. The first kappa shape index (κ1) is 16.0. The molecule has 0 bridgehead atoms. The molecule has 1 aromatic carbocycles. The van der Waals surface area contributed by atoms with E-state index < -0.39 is 15.3 Å². The van der Waals surface area contributed by atoms with Crippen molar-refractivity contribution in [2.45, 2.75) is 18.1 Å². The summed E-state index contributed by atoms with van der Waals surface area (Å²) in [4.78, 5) is 0.239. The monoisotopic (exact) mass is 330 g/mol. The molecule has 0 atom stereocenters. The van der Waals surface area contributed by atoms with Gasteiger partial charge in [-0.2, -0.15) is 0 Å². The van der Waals surface area contributed by atoms with E-state index in [0.29, 0.717) is 37.5 Å². The molecule has 0 aliphatic carbocycles. The summed E-state index contributed by atoms with van der Waals surface area (Å²) in [5.74, 6) is 0.509. The fraction of sp³-hybridized carbons (Fsp3) is 0.462. The molecule has 0 unspecified atom stereocenters. The topological polar surface area (TPSA) is 90.6 Å². The van der Waals surface area contributed by atoms with E-state index in [9.17, 15) is 8.42 Å². The van der Waals surface area contributed by atoms with Crippen LogP contribution in [0.4, 0.5) is 5.69 Å². The lowest BCUT2D eigenvalue weighted by Gasteiger charge is -2.22. The first-order valence-corrected chi connectivity index (χ1v) is 8.53. The van der Waals surface area contributed by atoms with Crippen molar-refractivity contribution in [2.75, 3.05) is 24.5 Å². The summed E-state index contributed by atoms with van der Waals surface area (Å²) in [5, 5.41) is -0.424. The Kier molecular flexibility index (Phi) is 5.38. The second-order valence-corrected chi connectivity index (χ2v) is 7.23. The maximum atomic E-state index is 12.3. The standard InChI is InChI=1S/C13H18N2O4S2/c14-13(20)9-19-11-3-1-2-10(8-11)15-21(16,17)12-4-6-18-7-5-12/h1-3,8,12,15H,4-7,9H2,(H2,14,20). The second-order valence-electron chi connectivity index (χ2n) is 4.74. The van der Waals surface area contributed by atoms with Crippen molar-refractivity contribution < 1.29 is 17.9 Å². The van der Waals surface area contributed by atoms with E-state index in [1.807, 2.05) is 0 Å². The van der Waals surface area contributed by atoms with Crippen molar-refractivity contribution in [3.8, 4) is 5.75 Å². The van der Waals surface area contributed by atoms with Crippen LogP contribution in [0.3, 0.4) is 0 Å². The maximum absolute atomic E-state index is 12.3. The van der Waals surface area contributed by atoms with E-state index in [1.165, 1.54) is 0 Å². The van der Waals surface area contributed by atoms with Gasteiger partial charge in [-0.1, -0.05) is 18.3 Å². The average molecular weight is 330 g/mol. The number of ether oxygens (including phenoxy) is 2. The molecule has 1 aromatic rings. The lowest BCUT2D eigenvalue weighted by atomic mass is 10.2. The highest BCUT2D eigenvalue weighted by atomic mass is 32.2. The predicted octanol–water partition coefficient (Wildman–Crippen LogP) is 1.27. The molecule has 21 heavy (non-hydrogen) atoms. The van der Waals surface area contributed by atoms with Crippen LogP contribution in [-0.4, -0.2) is 38.5 Å². The second kappa shape index (κ2) is 7.06. The molecule has 0 aromatic heterocycles. The smallest absolute Gasteiger partial charge is 0.235 e. The number of nitrogens with two attached hydrogens (primary N) is 1. The number of hydrogen-bond acceptors (Lipinski definition) is 5. The predicted molar refractivity (Wildman–Crippen MR) is 85.1 cm³/mol. The first-order chi connectivity index (χ1) is 9.97. The van der Waals surface area contributed by atoms with Gasteiger partial charge in [0.15, 0.2) is 0 Å². The molecule has 0 amide bonds. The number of thiocarbonyl (C=S) groups is 1. The highest BCUT2D eigenvalue weighted by Gasteiger charge is 2.27. The lowest BCUT2D eigenvalue weighted by molar-refractivity contribution is 0.0984. The van der Waals surface area contributed by atoms with Crippen molar-refractivity contribution in [1.29, 1.82) is 0 Å². The number of nitrogens with one attached hydrogen (secondary N) is 1. The Labute approximate surface area is 129 Å². The summed E-state index contributed by atoms with van der Waals surface area (Å²) >= 11 is 4.73. The zero-order valence-electron chi connectivity index (χ0n) is 11.4. The number of hydrogen-bond donors (Lipinski definition) is 2. The summed E-state index contributed by atoms with van der Waals surface area (Å²) in [6, 6.07) is 6.70. The zero-order chi connectivity index (χ0) is 15.3. The molecule has 0 radical (unpaired) electrons. The number of rotatable bonds is 6. The van der Waals surface area contributed by atoms with Crippen LogP contribution in [0.25, 0.3) is 0 Å². The minimum Gasteiger partial charge on any atom is -0.486 e. The molecule has 1 fully saturated rings. The maximum Gasteiger partial charge on any atom is 0.235 e. The van der Waals surface area contributed by atoms with Crippen LogP contribution in [0.2, 0.25) is 0 Å². The molecule has 3 N–H and O–H groups in total. The minimum atomic E-state index is -3.42. The third-order valence-corrected chi connectivity index (χ3v) is 5.07. The van der Waals surface area contributed by atoms with Crippen LogP contribution < -0.4 is 15.2 Å². The van der Waals surface area contributed by atoms with E-state index in [0.717, 1.165) is 0 Å². The van der Waals surface area contributed by atoms with Gasteiger partial charge in [-0.25, -0.2) is 8.42 Å². The van der Waals surface area contributed by atoms with Crippen LogP contribution in [-0.2, 0) is 14.8 Å². The molecule has 1 aliphatic rings. The van der Waals surface area contributed by atoms with Gasteiger partial charge in [0.2, 0.25) is 10.0 Å². The quantitative estimate of drug-likeness (QED) is 0.764. The van der Waals surface area contributed by atoms with Gasteiger partial charge >= 0.3 is 0 Å². The molecule has 0 spiro atoms. The van der Waals surface area contributed by atoms with Crippen LogP contribution >= 0.6 is 12.2 Å². The van der Waals surface area contributed by atoms with Crippen molar-refractivity contribution >= 4 is 32.9 Å². The Hall–Kier alpha value is -1.38. The highest BCUT2D eigenvalue weighted by molar-refractivity contribution is 7.93. The normalized spacial score (nSPS) is 16.4. The zero-order valence-corrected chi connectivity index (χ0v) is 13.1. The van der Waals surface area contributed by atoms with Crippen molar-refractivity contribution in [3.05, 3.63) is 24.3 Å². The largest absolute Gasteiger partial charge is 0.486 e. The van der Waals surface area contributed by atoms with Gasteiger partial charge in [0.25, 0.3) is 0 Å². The van der Waals surface area contributed by atoms with E-state index in [-0.39, 0.29) is 11.6 Å². The van der Waals surface area contributed by atoms with Gasteiger partial charge in [-0.3, -0.25) is 4.72 Å². The lowest BCUT2D eigenvalue weighted by Crippen LogP contribution is -2.33. The van der Waals surface area contributed by atoms with Crippen LogP contribution in [0.1, 0.15) is 12.8 Å². The van der Waals surface area contributed by atoms with Crippen LogP contribution in [0.15, 0.2) is 24.3 Å². The van der Waals surface area contributed by atoms with Crippen molar-refractivity contribution in [3.63, 3.8) is 0 Å². The molecule has 116 valence electrons. The van der Waals surface area contributed by atoms with Crippen molar-refractivity contribution in [2.24, 2.45) is 5.73 Å².